The molecule has 0 bridgehead atoms. The van der Waals surface area contributed by atoms with E-state index in [1.807, 2.05) is 53.4 Å². The Hall–Kier alpha value is -1.15. The van der Waals surface area contributed by atoms with Gasteiger partial charge in [-0.2, -0.15) is 0 Å². The first kappa shape index (κ1) is 26.5. The van der Waals surface area contributed by atoms with E-state index < -0.39 is 17.2 Å². The minimum atomic E-state index is -0.761. The molecule has 3 aliphatic rings. The summed E-state index contributed by atoms with van der Waals surface area (Å²) in [4.78, 5) is 15.2. The van der Waals surface area contributed by atoms with Crippen LogP contribution in [0.2, 0.25) is 0 Å². The number of nitrogens with zero attached hydrogens (tertiary/aromatic N) is 1. The Morgan fingerprint density at radius 1 is 1.00 bits per heavy atom. The summed E-state index contributed by atoms with van der Waals surface area (Å²) in [6.07, 6.45) is 7.76. The minimum Gasteiger partial charge on any atom is -0.444 e. The summed E-state index contributed by atoms with van der Waals surface area (Å²) in [6.45, 7) is 16.6. The highest BCUT2D eigenvalue weighted by molar-refractivity contribution is 5.69. The Morgan fingerprint density at radius 2 is 1.64 bits per heavy atom. The third-order valence-corrected chi connectivity index (χ3v) is 6.29. The first-order chi connectivity index (χ1) is 15.3. The SMILES string of the molecule is CCCCCCCCN(C(=O)OC(C)(C)C)[C@@H]1C=C2COC(C)(C)O[C@@H]2[C@@H]2OC(C)(C)OC21. The molecule has 0 spiro atoms. The molecule has 2 saturated heterocycles. The third-order valence-electron chi connectivity index (χ3n) is 6.29. The first-order valence-electron chi connectivity index (χ1n) is 12.7. The Labute approximate surface area is 200 Å². The molecule has 1 aliphatic carbocycles. The van der Waals surface area contributed by atoms with E-state index >= 15 is 0 Å². The maximum atomic E-state index is 13.4. The van der Waals surface area contributed by atoms with Gasteiger partial charge in [-0.05, 0) is 60.5 Å². The topological polar surface area (TPSA) is 66.5 Å². The van der Waals surface area contributed by atoms with E-state index in [9.17, 15) is 4.79 Å². The lowest BCUT2D eigenvalue weighted by molar-refractivity contribution is -0.274. The average Bonchev–Trinajstić information content (AvgIpc) is 3.01. The van der Waals surface area contributed by atoms with E-state index in [2.05, 4.69) is 13.0 Å². The predicted octanol–water partition coefficient (Wildman–Crippen LogP) is 5.56. The Kier molecular flexibility index (Phi) is 8.20. The van der Waals surface area contributed by atoms with Crippen molar-refractivity contribution in [3.63, 3.8) is 0 Å². The summed E-state index contributed by atoms with van der Waals surface area (Å²) in [5, 5.41) is 0. The Bertz CT molecular complexity index is 710. The summed E-state index contributed by atoms with van der Waals surface area (Å²) in [7, 11) is 0. The van der Waals surface area contributed by atoms with Gasteiger partial charge in [-0.25, -0.2) is 4.79 Å². The molecule has 1 unspecified atom stereocenters. The van der Waals surface area contributed by atoms with Crippen LogP contribution in [0.3, 0.4) is 0 Å². The molecular weight excluding hydrogens is 422 g/mol. The summed E-state index contributed by atoms with van der Waals surface area (Å²) in [5.41, 5.74) is 0.423. The van der Waals surface area contributed by atoms with Crippen LogP contribution in [0, 0.1) is 0 Å². The van der Waals surface area contributed by atoms with Crippen molar-refractivity contribution in [2.45, 2.75) is 135 Å². The summed E-state index contributed by atoms with van der Waals surface area (Å²) in [6, 6.07) is -0.304. The molecule has 7 heteroatoms. The van der Waals surface area contributed by atoms with Crippen LogP contribution in [0.15, 0.2) is 11.6 Å². The number of carbonyl (C=O) groups excluding carboxylic acids is 1. The van der Waals surface area contributed by atoms with Crippen molar-refractivity contribution in [3.8, 4) is 0 Å². The first-order valence-corrected chi connectivity index (χ1v) is 12.7. The van der Waals surface area contributed by atoms with E-state index in [0.29, 0.717) is 13.2 Å². The summed E-state index contributed by atoms with van der Waals surface area (Å²) >= 11 is 0. The van der Waals surface area contributed by atoms with Gasteiger partial charge < -0.3 is 23.7 Å². The molecule has 190 valence electrons. The fraction of sp³-hybridized carbons (Fsp3) is 0.885. The summed E-state index contributed by atoms with van der Waals surface area (Å²) < 4.78 is 30.7. The lowest BCUT2D eigenvalue weighted by Gasteiger charge is -2.46. The number of carbonyl (C=O) groups is 1. The van der Waals surface area contributed by atoms with E-state index in [0.717, 1.165) is 18.4 Å². The molecule has 7 nitrogen and oxygen atoms in total. The fourth-order valence-corrected chi connectivity index (χ4v) is 4.82. The summed E-state index contributed by atoms with van der Waals surface area (Å²) in [5.74, 6) is -1.46. The van der Waals surface area contributed by atoms with Crippen LogP contribution in [-0.2, 0) is 23.7 Å². The molecule has 3 rings (SSSR count). The van der Waals surface area contributed by atoms with Gasteiger partial charge in [0.05, 0.1) is 12.6 Å². The second-order valence-electron chi connectivity index (χ2n) is 11.5. The van der Waals surface area contributed by atoms with Gasteiger partial charge >= 0.3 is 6.09 Å². The maximum absolute atomic E-state index is 13.4. The Morgan fingerprint density at radius 3 is 2.30 bits per heavy atom. The molecule has 0 aromatic rings. The van der Waals surface area contributed by atoms with Crippen LogP contribution in [-0.4, -0.2) is 65.7 Å². The molecule has 2 aliphatic heterocycles. The third kappa shape index (κ3) is 6.93. The largest absolute Gasteiger partial charge is 0.444 e. The maximum Gasteiger partial charge on any atom is 0.410 e. The standard InChI is InChI=1S/C26H45NO6/c1-9-10-11-12-13-14-15-27(23(28)33-24(2,3)4)19-16-18-17-29-25(5,6)30-20(18)22-21(19)31-26(7,8)32-22/h16,19-22H,9-15,17H2,1-8H3/t19-,20+,21?,22+/m1/s1. The van der Waals surface area contributed by atoms with Gasteiger partial charge in [0.25, 0.3) is 0 Å². The van der Waals surface area contributed by atoms with Crippen LogP contribution in [0.5, 0.6) is 0 Å². The number of hydrogen-bond acceptors (Lipinski definition) is 6. The lowest BCUT2D eigenvalue weighted by Crippen LogP contribution is -2.59. The Balaban J connectivity index is 1.84. The van der Waals surface area contributed by atoms with Crippen molar-refractivity contribution >= 4 is 6.09 Å². The molecule has 2 fully saturated rings. The molecule has 2 heterocycles. The van der Waals surface area contributed by atoms with Gasteiger partial charge in [0, 0.05) is 6.54 Å². The van der Waals surface area contributed by atoms with Crippen LogP contribution in [0.1, 0.15) is 93.9 Å². The monoisotopic (exact) mass is 467 g/mol. The molecule has 4 atom stereocenters. The normalized spacial score (nSPS) is 30.2. The fourth-order valence-electron chi connectivity index (χ4n) is 4.82. The molecule has 0 aromatic carbocycles. The van der Waals surface area contributed by atoms with Gasteiger partial charge in [0.1, 0.15) is 23.9 Å². The molecule has 0 radical (unpaired) electrons. The van der Waals surface area contributed by atoms with Crippen LogP contribution < -0.4 is 0 Å². The zero-order valence-corrected chi connectivity index (χ0v) is 21.9. The molecule has 0 N–H and O–H groups in total. The highest BCUT2D eigenvalue weighted by atomic mass is 16.8. The van der Waals surface area contributed by atoms with Gasteiger partial charge in [-0.1, -0.05) is 45.1 Å². The highest BCUT2D eigenvalue weighted by Crippen LogP contribution is 2.43. The quantitative estimate of drug-likeness (QED) is 0.344. The zero-order valence-electron chi connectivity index (χ0n) is 21.9. The number of rotatable bonds is 8. The molecular formula is C26H45NO6. The molecule has 1 amide bonds. The minimum absolute atomic E-state index is 0.258. The van der Waals surface area contributed by atoms with Gasteiger partial charge in [-0.3, -0.25) is 4.90 Å². The van der Waals surface area contributed by atoms with Crippen molar-refractivity contribution < 1.29 is 28.5 Å². The van der Waals surface area contributed by atoms with Gasteiger partial charge in [0.15, 0.2) is 11.6 Å². The van der Waals surface area contributed by atoms with Gasteiger partial charge in [-0.15, -0.1) is 0 Å². The smallest absolute Gasteiger partial charge is 0.410 e. The zero-order chi connectivity index (χ0) is 24.4. The van der Waals surface area contributed by atoms with Gasteiger partial charge in [0.2, 0.25) is 0 Å². The number of amides is 1. The highest BCUT2D eigenvalue weighted by Gasteiger charge is 2.56. The van der Waals surface area contributed by atoms with Crippen molar-refractivity contribution in [2.75, 3.05) is 13.2 Å². The number of unbranched alkanes of at least 4 members (excludes halogenated alkanes) is 5. The average molecular weight is 468 g/mol. The number of hydrogen-bond donors (Lipinski definition) is 0. The van der Waals surface area contributed by atoms with Crippen molar-refractivity contribution in [2.24, 2.45) is 0 Å². The van der Waals surface area contributed by atoms with E-state index in [-0.39, 0.29) is 30.4 Å². The second kappa shape index (κ2) is 10.2. The molecule has 0 saturated carbocycles. The van der Waals surface area contributed by atoms with E-state index in [1.54, 1.807) is 0 Å². The number of ether oxygens (including phenoxy) is 5. The van der Waals surface area contributed by atoms with E-state index in [1.165, 1.54) is 25.7 Å². The van der Waals surface area contributed by atoms with Crippen LogP contribution >= 0.6 is 0 Å². The van der Waals surface area contributed by atoms with E-state index in [4.69, 9.17) is 23.7 Å². The van der Waals surface area contributed by atoms with Crippen LogP contribution in [0.25, 0.3) is 0 Å². The lowest BCUT2D eigenvalue weighted by atomic mass is 9.86. The second-order valence-corrected chi connectivity index (χ2v) is 11.5. The molecule has 33 heavy (non-hydrogen) atoms. The number of fused-ring (bicyclic) bond motifs is 3. The van der Waals surface area contributed by atoms with Crippen molar-refractivity contribution in [1.29, 1.82) is 0 Å². The van der Waals surface area contributed by atoms with Crippen molar-refractivity contribution in [1.82, 2.24) is 4.90 Å². The van der Waals surface area contributed by atoms with Crippen molar-refractivity contribution in [3.05, 3.63) is 11.6 Å². The predicted molar refractivity (Wildman–Crippen MR) is 127 cm³/mol. The van der Waals surface area contributed by atoms with Crippen LogP contribution in [0.4, 0.5) is 4.79 Å². The molecule has 0 aromatic heterocycles.